The van der Waals surface area contributed by atoms with Crippen LogP contribution in [-0.4, -0.2) is 10.8 Å². The Kier molecular flexibility index (Phi) is 5.53. The van der Waals surface area contributed by atoms with Crippen molar-refractivity contribution in [3.8, 4) is 6.07 Å². The van der Waals surface area contributed by atoms with Gasteiger partial charge in [0.1, 0.15) is 11.6 Å². The summed E-state index contributed by atoms with van der Waals surface area (Å²) in [4.78, 5) is 22.2. The number of nitro benzene ring substituents is 1. The van der Waals surface area contributed by atoms with Crippen molar-refractivity contribution < 1.29 is 9.72 Å². The molecule has 2 aromatic carbocycles. The van der Waals surface area contributed by atoms with Crippen molar-refractivity contribution in [1.82, 2.24) is 0 Å². The standard InChI is InChI=1S/C16H9Cl2N3O3/c17-12-3-1-2-10(7-12)6-11(9-19)16(22)20-15-5-4-13(21(23)24)8-14(15)18/h1-8H,(H,20,22)/b11-6-. The lowest BCUT2D eigenvalue weighted by molar-refractivity contribution is -0.384. The number of carbonyl (C=O) groups is 1. The Morgan fingerprint density at radius 3 is 2.58 bits per heavy atom. The predicted molar refractivity (Wildman–Crippen MR) is 91.8 cm³/mol. The number of anilines is 1. The zero-order valence-electron chi connectivity index (χ0n) is 12.0. The lowest BCUT2D eigenvalue weighted by atomic mass is 10.1. The number of benzene rings is 2. The van der Waals surface area contributed by atoms with Crippen LogP contribution in [0, 0.1) is 21.4 Å². The Morgan fingerprint density at radius 2 is 2.00 bits per heavy atom. The van der Waals surface area contributed by atoms with Gasteiger partial charge in [-0.3, -0.25) is 14.9 Å². The number of nitriles is 1. The van der Waals surface area contributed by atoms with E-state index in [2.05, 4.69) is 5.32 Å². The Labute approximate surface area is 147 Å². The van der Waals surface area contributed by atoms with Gasteiger partial charge in [-0.25, -0.2) is 0 Å². The van der Waals surface area contributed by atoms with E-state index in [1.165, 1.54) is 18.2 Å². The summed E-state index contributed by atoms with van der Waals surface area (Å²) in [6.07, 6.45) is 1.38. The number of hydrogen-bond donors (Lipinski definition) is 1. The fourth-order valence-electron chi connectivity index (χ4n) is 1.82. The highest BCUT2D eigenvalue weighted by Gasteiger charge is 2.14. The molecule has 0 saturated carbocycles. The van der Waals surface area contributed by atoms with Crippen LogP contribution in [0.25, 0.3) is 6.08 Å². The summed E-state index contributed by atoms with van der Waals surface area (Å²) in [6, 6.07) is 12.1. The third-order valence-corrected chi connectivity index (χ3v) is 3.48. The van der Waals surface area contributed by atoms with E-state index in [-0.39, 0.29) is 22.0 Å². The first kappa shape index (κ1) is 17.5. The van der Waals surface area contributed by atoms with Gasteiger partial charge in [0.25, 0.3) is 11.6 Å². The van der Waals surface area contributed by atoms with Crippen LogP contribution in [0.1, 0.15) is 5.56 Å². The van der Waals surface area contributed by atoms with Crippen molar-refractivity contribution in [2.24, 2.45) is 0 Å². The first-order chi connectivity index (χ1) is 11.4. The molecule has 0 bridgehead atoms. The molecule has 2 aromatic rings. The highest BCUT2D eigenvalue weighted by molar-refractivity contribution is 6.34. The molecule has 0 saturated heterocycles. The highest BCUT2D eigenvalue weighted by Crippen LogP contribution is 2.27. The van der Waals surface area contributed by atoms with Gasteiger partial charge in [0.05, 0.1) is 15.6 Å². The largest absolute Gasteiger partial charge is 0.320 e. The molecule has 8 heteroatoms. The minimum Gasteiger partial charge on any atom is -0.320 e. The molecule has 0 aliphatic rings. The van der Waals surface area contributed by atoms with Crippen LogP contribution in [0.15, 0.2) is 48.0 Å². The second-order valence-electron chi connectivity index (χ2n) is 4.60. The maximum absolute atomic E-state index is 12.2. The number of amides is 1. The molecule has 6 nitrogen and oxygen atoms in total. The lowest BCUT2D eigenvalue weighted by Gasteiger charge is -2.06. The van der Waals surface area contributed by atoms with E-state index in [4.69, 9.17) is 28.5 Å². The summed E-state index contributed by atoms with van der Waals surface area (Å²) in [5, 5.41) is 22.7. The summed E-state index contributed by atoms with van der Waals surface area (Å²) >= 11 is 11.8. The van der Waals surface area contributed by atoms with E-state index in [1.807, 2.05) is 0 Å². The Balaban J connectivity index is 2.24. The zero-order valence-corrected chi connectivity index (χ0v) is 13.5. The predicted octanol–water partition coefficient (Wildman–Crippen LogP) is 4.45. The Hall–Kier alpha value is -2.88. The van der Waals surface area contributed by atoms with E-state index in [1.54, 1.807) is 30.3 Å². The maximum atomic E-state index is 12.2. The molecule has 1 N–H and O–H groups in total. The molecule has 2 rings (SSSR count). The molecule has 0 atom stereocenters. The van der Waals surface area contributed by atoms with Gasteiger partial charge < -0.3 is 5.32 Å². The van der Waals surface area contributed by atoms with E-state index >= 15 is 0 Å². The molecule has 0 radical (unpaired) electrons. The molecule has 0 aromatic heterocycles. The highest BCUT2D eigenvalue weighted by atomic mass is 35.5. The topological polar surface area (TPSA) is 96.0 Å². The lowest BCUT2D eigenvalue weighted by Crippen LogP contribution is -2.13. The van der Waals surface area contributed by atoms with Crippen LogP contribution < -0.4 is 5.32 Å². The van der Waals surface area contributed by atoms with Gasteiger partial charge in [0.15, 0.2) is 0 Å². The number of rotatable bonds is 4. The third-order valence-electron chi connectivity index (χ3n) is 2.94. The second-order valence-corrected chi connectivity index (χ2v) is 5.44. The normalized spacial score (nSPS) is 10.8. The van der Waals surface area contributed by atoms with Crippen molar-refractivity contribution in [2.75, 3.05) is 5.32 Å². The van der Waals surface area contributed by atoms with Gasteiger partial charge in [0.2, 0.25) is 0 Å². The average molecular weight is 362 g/mol. The van der Waals surface area contributed by atoms with Crippen LogP contribution >= 0.6 is 23.2 Å². The number of nitro groups is 1. The van der Waals surface area contributed by atoms with Crippen LogP contribution in [0.2, 0.25) is 10.0 Å². The number of nitrogens with zero attached hydrogens (tertiary/aromatic N) is 2. The molecule has 24 heavy (non-hydrogen) atoms. The summed E-state index contributed by atoms with van der Waals surface area (Å²) in [5.41, 5.74) is 0.392. The quantitative estimate of drug-likeness (QED) is 0.376. The molecule has 0 unspecified atom stereocenters. The van der Waals surface area contributed by atoms with Crippen molar-refractivity contribution >= 4 is 46.6 Å². The number of hydrogen-bond acceptors (Lipinski definition) is 4. The molecule has 1 amide bonds. The van der Waals surface area contributed by atoms with Crippen LogP contribution in [0.4, 0.5) is 11.4 Å². The Bertz CT molecular complexity index is 888. The zero-order chi connectivity index (χ0) is 17.7. The molecular formula is C16H9Cl2N3O3. The molecule has 0 fully saturated rings. The fourth-order valence-corrected chi connectivity index (χ4v) is 2.24. The summed E-state index contributed by atoms with van der Waals surface area (Å²) in [7, 11) is 0. The third kappa shape index (κ3) is 4.32. The van der Waals surface area contributed by atoms with Crippen LogP contribution in [0.3, 0.4) is 0 Å². The van der Waals surface area contributed by atoms with Gasteiger partial charge in [0, 0.05) is 17.2 Å². The molecule has 120 valence electrons. The van der Waals surface area contributed by atoms with Gasteiger partial charge in [-0.15, -0.1) is 0 Å². The minimum atomic E-state index is -0.687. The number of halogens is 2. The van der Waals surface area contributed by atoms with E-state index in [0.29, 0.717) is 10.6 Å². The van der Waals surface area contributed by atoms with Crippen molar-refractivity contribution in [1.29, 1.82) is 5.26 Å². The van der Waals surface area contributed by atoms with E-state index in [0.717, 1.165) is 6.07 Å². The monoisotopic (exact) mass is 361 g/mol. The first-order valence-electron chi connectivity index (χ1n) is 6.53. The summed E-state index contributed by atoms with van der Waals surface area (Å²) in [5.74, 6) is -0.687. The molecule has 0 aliphatic carbocycles. The van der Waals surface area contributed by atoms with Gasteiger partial charge >= 0.3 is 0 Å². The van der Waals surface area contributed by atoms with Gasteiger partial charge in [-0.1, -0.05) is 35.3 Å². The van der Waals surface area contributed by atoms with Gasteiger partial charge in [-0.05, 0) is 29.8 Å². The smallest absolute Gasteiger partial charge is 0.271 e. The molecular weight excluding hydrogens is 353 g/mol. The number of nitrogens with one attached hydrogen (secondary N) is 1. The average Bonchev–Trinajstić information content (AvgIpc) is 2.54. The van der Waals surface area contributed by atoms with Crippen molar-refractivity contribution in [3.63, 3.8) is 0 Å². The number of carbonyl (C=O) groups excluding carboxylic acids is 1. The maximum Gasteiger partial charge on any atom is 0.271 e. The summed E-state index contributed by atoms with van der Waals surface area (Å²) < 4.78 is 0. The molecule has 0 heterocycles. The molecule has 0 aliphatic heterocycles. The van der Waals surface area contributed by atoms with Crippen LogP contribution in [-0.2, 0) is 4.79 Å². The number of non-ortho nitro benzene ring substituents is 1. The minimum absolute atomic E-state index is 0.00223. The van der Waals surface area contributed by atoms with E-state index in [9.17, 15) is 14.9 Å². The SMILES string of the molecule is N#C/C(=C/c1cccc(Cl)c1)C(=O)Nc1ccc([N+](=O)[O-])cc1Cl. The van der Waals surface area contributed by atoms with E-state index < -0.39 is 10.8 Å². The van der Waals surface area contributed by atoms with Gasteiger partial charge in [-0.2, -0.15) is 5.26 Å². The second kappa shape index (κ2) is 7.59. The Morgan fingerprint density at radius 1 is 1.25 bits per heavy atom. The van der Waals surface area contributed by atoms with Crippen molar-refractivity contribution in [2.45, 2.75) is 0 Å². The van der Waals surface area contributed by atoms with Crippen LogP contribution in [0.5, 0.6) is 0 Å². The fraction of sp³-hybridized carbons (Fsp3) is 0. The molecule has 0 spiro atoms. The summed E-state index contributed by atoms with van der Waals surface area (Å²) in [6.45, 7) is 0. The first-order valence-corrected chi connectivity index (χ1v) is 7.29. The van der Waals surface area contributed by atoms with Crippen molar-refractivity contribution in [3.05, 3.63) is 73.8 Å².